The number of rotatable bonds is 5. The van der Waals surface area contributed by atoms with Gasteiger partial charge in [0.25, 0.3) is 0 Å². The summed E-state index contributed by atoms with van der Waals surface area (Å²) in [5.41, 5.74) is 6.59. The monoisotopic (exact) mass is 255 g/mol. The van der Waals surface area contributed by atoms with Gasteiger partial charge < -0.3 is 10.5 Å². The molecule has 0 bridgehead atoms. The number of benzene rings is 1. The predicted octanol–water partition coefficient (Wildman–Crippen LogP) is 2.07. The Morgan fingerprint density at radius 1 is 1.29 bits per heavy atom. The summed E-state index contributed by atoms with van der Waals surface area (Å²) < 4.78 is 17.3. The zero-order valence-electron chi connectivity index (χ0n) is 10.7. The Kier molecular flexibility index (Phi) is 5.15. The first-order chi connectivity index (χ1) is 7.95. The third-order valence-electron chi connectivity index (χ3n) is 2.40. The topological polar surface area (TPSA) is 52.3 Å². The van der Waals surface area contributed by atoms with Crippen molar-refractivity contribution in [3.8, 4) is 5.75 Å². The van der Waals surface area contributed by atoms with Crippen molar-refractivity contribution >= 4 is 10.8 Å². The summed E-state index contributed by atoms with van der Waals surface area (Å²) in [6.45, 7) is 6.82. The van der Waals surface area contributed by atoms with E-state index in [1.807, 2.05) is 45.0 Å². The standard InChI is InChI=1S/C13H21NO2S/c1-13(2,3)17(15)9-8-16-12-7-5-4-6-11(12)10-14/h4-7H,8-10,14H2,1-3H3. The highest BCUT2D eigenvalue weighted by Crippen LogP contribution is 2.17. The van der Waals surface area contributed by atoms with Crippen LogP contribution in [0.1, 0.15) is 26.3 Å². The molecule has 17 heavy (non-hydrogen) atoms. The fourth-order valence-electron chi connectivity index (χ4n) is 1.35. The highest BCUT2D eigenvalue weighted by molar-refractivity contribution is 7.86. The Hall–Kier alpha value is -0.870. The van der Waals surface area contributed by atoms with Crippen molar-refractivity contribution in [1.82, 2.24) is 0 Å². The number of ether oxygens (including phenoxy) is 1. The van der Waals surface area contributed by atoms with E-state index in [0.717, 1.165) is 11.3 Å². The first kappa shape index (κ1) is 14.2. The van der Waals surface area contributed by atoms with Crippen molar-refractivity contribution in [2.45, 2.75) is 32.1 Å². The molecule has 0 amide bonds. The maximum Gasteiger partial charge on any atom is 0.123 e. The molecule has 0 aliphatic heterocycles. The molecule has 1 aromatic carbocycles. The molecule has 1 unspecified atom stereocenters. The van der Waals surface area contributed by atoms with E-state index < -0.39 is 10.8 Å². The highest BCUT2D eigenvalue weighted by Gasteiger charge is 2.18. The molecule has 0 spiro atoms. The third kappa shape index (κ3) is 4.48. The van der Waals surface area contributed by atoms with Gasteiger partial charge in [0.2, 0.25) is 0 Å². The first-order valence-electron chi connectivity index (χ1n) is 5.74. The molecule has 0 aliphatic carbocycles. The van der Waals surface area contributed by atoms with Crippen molar-refractivity contribution in [3.63, 3.8) is 0 Å². The van der Waals surface area contributed by atoms with Crippen LogP contribution in [0.25, 0.3) is 0 Å². The predicted molar refractivity (Wildman–Crippen MR) is 72.6 cm³/mol. The van der Waals surface area contributed by atoms with E-state index in [-0.39, 0.29) is 4.75 Å². The van der Waals surface area contributed by atoms with Crippen LogP contribution in [0.3, 0.4) is 0 Å². The lowest BCUT2D eigenvalue weighted by molar-refractivity contribution is 0.338. The number of nitrogens with two attached hydrogens (primary N) is 1. The Bertz CT molecular complexity index is 385. The summed E-state index contributed by atoms with van der Waals surface area (Å²) in [4.78, 5) is 0. The quantitative estimate of drug-likeness (QED) is 0.876. The Labute approximate surface area is 106 Å². The fraction of sp³-hybridized carbons (Fsp3) is 0.538. The Morgan fingerprint density at radius 3 is 2.53 bits per heavy atom. The fourth-order valence-corrected chi connectivity index (χ4v) is 2.19. The summed E-state index contributed by atoms with van der Waals surface area (Å²) in [7, 11) is -0.876. The van der Waals surface area contributed by atoms with Crippen molar-refractivity contribution in [2.24, 2.45) is 5.73 Å². The molecule has 1 aromatic rings. The lowest BCUT2D eigenvalue weighted by atomic mass is 10.2. The van der Waals surface area contributed by atoms with Crippen LogP contribution in [0.2, 0.25) is 0 Å². The molecule has 0 saturated carbocycles. The third-order valence-corrected chi connectivity index (χ3v) is 4.31. The van der Waals surface area contributed by atoms with Crippen LogP contribution in [-0.2, 0) is 17.3 Å². The van der Waals surface area contributed by atoms with Crippen LogP contribution in [-0.4, -0.2) is 21.3 Å². The van der Waals surface area contributed by atoms with Crippen molar-refractivity contribution in [1.29, 1.82) is 0 Å². The molecule has 0 saturated heterocycles. The summed E-state index contributed by atoms with van der Waals surface area (Å²) >= 11 is 0. The highest BCUT2D eigenvalue weighted by atomic mass is 32.2. The number of hydrogen-bond donors (Lipinski definition) is 1. The minimum atomic E-state index is -0.876. The van der Waals surface area contributed by atoms with Gasteiger partial charge in [-0.15, -0.1) is 0 Å². The van der Waals surface area contributed by atoms with Gasteiger partial charge in [-0.25, -0.2) is 0 Å². The summed E-state index contributed by atoms with van der Waals surface area (Å²) in [5, 5.41) is 0. The normalized spacial score (nSPS) is 13.4. The molecule has 0 heterocycles. The van der Waals surface area contributed by atoms with E-state index in [0.29, 0.717) is 18.9 Å². The van der Waals surface area contributed by atoms with Crippen LogP contribution in [0, 0.1) is 0 Å². The zero-order valence-corrected chi connectivity index (χ0v) is 11.5. The molecular weight excluding hydrogens is 234 g/mol. The van der Waals surface area contributed by atoms with Crippen molar-refractivity contribution in [2.75, 3.05) is 12.4 Å². The molecule has 0 aromatic heterocycles. The van der Waals surface area contributed by atoms with Crippen molar-refractivity contribution < 1.29 is 8.95 Å². The van der Waals surface area contributed by atoms with Crippen LogP contribution < -0.4 is 10.5 Å². The smallest absolute Gasteiger partial charge is 0.123 e. The molecule has 3 nitrogen and oxygen atoms in total. The van der Waals surface area contributed by atoms with Gasteiger partial charge in [0.15, 0.2) is 0 Å². The molecule has 1 rings (SSSR count). The largest absolute Gasteiger partial charge is 0.492 e. The number of para-hydroxylation sites is 1. The zero-order chi connectivity index (χ0) is 12.9. The van der Waals surface area contributed by atoms with Crippen LogP contribution in [0.15, 0.2) is 24.3 Å². The van der Waals surface area contributed by atoms with E-state index in [9.17, 15) is 4.21 Å². The maximum absolute atomic E-state index is 11.8. The van der Waals surface area contributed by atoms with Gasteiger partial charge in [0.05, 0.1) is 12.4 Å². The van der Waals surface area contributed by atoms with Crippen LogP contribution in [0.5, 0.6) is 5.75 Å². The average molecular weight is 255 g/mol. The van der Waals surface area contributed by atoms with Crippen molar-refractivity contribution in [3.05, 3.63) is 29.8 Å². The van der Waals surface area contributed by atoms with Crippen LogP contribution >= 0.6 is 0 Å². The van der Waals surface area contributed by atoms with Gasteiger partial charge >= 0.3 is 0 Å². The average Bonchev–Trinajstić information content (AvgIpc) is 2.28. The Morgan fingerprint density at radius 2 is 1.94 bits per heavy atom. The second kappa shape index (κ2) is 6.17. The molecule has 4 heteroatoms. The summed E-state index contributed by atoms with van der Waals surface area (Å²) in [5.74, 6) is 1.34. The molecule has 2 N–H and O–H groups in total. The van der Waals surface area contributed by atoms with Gasteiger partial charge in [0, 0.05) is 27.7 Å². The summed E-state index contributed by atoms with van der Waals surface area (Å²) in [6, 6.07) is 7.68. The molecular formula is C13H21NO2S. The van der Waals surface area contributed by atoms with Gasteiger partial charge in [-0.05, 0) is 26.8 Å². The van der Waals surface area contributed by atoms with E-state index in [2.05, 4.69) is 0 Å². The van der Waals surface area contributed by atoms with Gasteiger partial charge in [0.1, 0.15) is 5.75 Å². The van der Waals surface area contributed by atoms with Gasteiger partial charge in [-0.3, -0.25) is 4.21 Å². The van der Waals surface area contributed by atoms with Crippen LogP contribution in [0.4, 0.5) is 0 Å². The van der Waals surface area contributed by atoms with E-state index in [1.165, 1.54) is 0 Å². The first-order valence-corrected chi connectivity index (χ1v) is 7.06. The molecule has 96 valence electrons. The molecule has 0 fully saturated rings. The SMILES string of the molecule is CC(C)(C)S(=O)CCOc1ccccc1CN. The molecule has 0 aliphatic rings. The minimum Gasteiger partial charge on any atom is -0.492 e. The Balaban J connectivity index is 2.49. The number of hydrogen-bond acceptors (Lipinski definition) is 3. The van der Waals surface area contributed by atoms with E-state index in [4.69, 9.17) is 10.5 Å². The van der Waals surface area contributed by atoms with E-state index >= 15 is 0 Å². The van der Waals surface area contributed by atoms with E-state index in [1.54, 1.807) is 0 Å². The molecule has 0 radical (unpaired) electrons. The van der Waals surface area contributed by atoms with Gasteiger partial charge in [-0.1, -0.05) is 18.2 Å². The molecule has 1 atom stereocenters. The lowest BCUT2D eigenvalue weighted by Crippen LogP contribution is -2.26. The maximum atomic E-state index is 11.8. The minimum absolute atomic E-state index is 0.184. The second-order valence-corrected chi connectivity index (χ2v) is 7.15. The van der Waals surface area contributed by atoms with Gasteiger partial charge in [-0.2, -0.15) is 0 Å². The lowest BCUT2D eigenvalue weighted by Gasteiger charge is -2.18. The second-order valence-electron chi connectivity index (χ2n) is 4.82. The summed E-state index contributed by atoms with van der Waals surface area (Å²) in [6.07, 6.45) is 0.